The molecule has 0 aromatic rings. The van der Waals surface area contributed by atoms with Crippen LogP contribution >= 0.6 is 0 Å². The zero-order chi connectivity index (χ0) is 11.9. The van der Waals surface area contributed by atoms with E-state index in [0.29, 0.717) is 0 Å². The first-order valence-corrected chi connectivity index (χ1v) is 5.38. The second-order valence-electron chi connectivity index (χ2n) is 4.25. The number of rotatable bonds is 7. The molecule has 1 atom stereocenters. The zero-order valence-electron chi connectivity index (χ0n) is 10.4. The van der Waals surface area contributed by atoms with Crippen molar-refractivity contribution in [3.8, 4) is 0 Å². The summed E-state index contributed by atoms with van der Waals surface area (Å²) in [6.07, 6.45) is 1.00. The Hall–Kier alpha value is -0.610. The van der Waals surface area contributed by atoms with E-state index in [1.807, 2.05) is 13.8 Å². The molecule has 0 spiro atoms. The topological polar surface area (TPSA) is 47.6 Å². The molecule has 0 aliphatic rings. The standard InChI is InChI=1S/C11H23NO3/c1-6-7-12-9(2)10(13)15-8-11(3,4)14-5/h9,12H,6-8H2,1-5H3/t9-/m0/s1. The molecule has 0 radical (unpaired) electrons. The largest absolute Gasteiger partial charge is 0.461 e. The summed E-state index contributed by atoms with van der Waals surface area (Å²) < 4.78 is 10.3. The van der Waals surface area contributed by atoms with Crippen LogP contribution in [0, 0.1) is 0 Å². The van der Waals surface area contributed by atoms with E-state index in [0.717, 1.165) is 13.0 Å². The number of hydrogen-bond acceptors (Lipinski definition) is 4. The molecule has 0 aromatic heterocycles. The van der Waals surface area contributed by atoms with Crippen molar-refractivity contribution in [3.05, 3.63) is 0 Å². The Morgan fingerprint density at radius 2 is 2.07 bits per heavy atom. The van der Waals surface area contributed by atoms with Crippen molar-refractivity contribution in [3.63, 3.8) is 0 Å². The van der Waals surface area contributed by atoms with Gasteiger partial charge >= 0.3 is 5.97 Å². The molecule has 90 valence electrons. The van der Waals surface area contributed by atoms with Gasteiger partial charge in [-0.05, 0) is 33.7 Å². The lowest BCUT2D eigenvalue weighted by molar-refractivity contribution is -0.153. The Bertz CT molecular complexity index is 192. The summed E-state index contributed by atoms with van der Waals surface area (Å²) in [5.74, 6) is -0.228. The number of carbonyl (C=O) groups excluding carboxylic acids is 1. The maximum atomic E-state index is 11.5. The Morgan fingerprint density at radius 1 is 1.47 bits per heavy atom. The summed E-state index contributed by atoms with van der Waals surface area (Å²) in [7, 11) is 1.60. The molecule has 4 heteroatoms. The first-order valence-electron chi connectivity index (χ1n) is 5.38. The Kier molecular flexibility index (Phi) is 6.52. The highest BCUT2D eigenvalue weighted by molar-refractivity contribution is 5.75. The fourth-order valence-corrected chi connectivity index (χ4v) is 0.873. The minimum atomic E-state index is -0.417. The second-order valence-corrected chi connectivity index (χ2v) is 4.25. The van der Waals surface area contributed by atoms with Crippen molar-refractivity contribution in [1.82, 2.24) is 5.32 Å². The average Bonchev–Trinajstić information content (AvgIpc) is 2.22. The lowest BCUT2D eigenvalue weighted by atomic mass is 10.1. The third-order valence-electron chi connectivity index (χ3n) is 2.17. The minimum Gasteiger partial charge on any atom is -0.461 e. The number of methoxy groups -OCH3 is 1. The fraction of sp³-hybridized carbons (Fsp3) is 0.909. The SMILES string of the molecule is CCCN[C@@H](C)C(=O)OCC(C)(C)OC. The summed E-state index contributed by atoms with van der Waals surface area (Å²) >= 11 is 0. The third kappa shape index (κ3) is 6.47. The van der Waals surface area contributed by atoms with Crippen LogP contribution in [-0.4, -0.2) is 37.9 Å². The van der Waals surface area contributed by atoms with Gasteiger partial charge in [0.05, 0.1) is 5.60 Å². The Morgan fingerprint density at radius 3 is 2.53 bits per heavy atom. The van der Waals surface area contributed by atoms with E-state index in [2.05, 4.69) is 12.2 Å². The number of hydrogen-bond donors (Lipinski definition) is 1. The number of carbonyl (C=O) groups is 1. The molecule has 0 aromatic carbocycles. The van der Waals surface area contributed by atoms with Gasteiger partial charge in [0.2, 0.25) is 0 Å². The van der Waals surface area contributed by atoms with Crippen LogP contribution in [0.25, 0.3) is 0 Å². The molecule has 1 N–H and O–H groups in total. The third-order valence-corrected chi connectivity index (χ3v) is 2.17. The van der Waals surface area contributed by atoms with Gasteiger partial charge in [0, 0.05) is 7.11 Å². The van der Waals surface area contributed by atoms with Gasteiger partial charge in [-0.2, -0.15) is 0 Å². The van der Waals surface area contributed by atoms with Crippen LogP contribution in [0.1, 0.15) is 34.1 Å². The molecule has 0 heterocycles. The van der Waals surface area contributed by atoms with E-state index in [9.17, 15) is 4.79 Å². The van der Waals surface area contributed by atoms with Crippen LogP contribution in [0.2, 0.25) is 0 Å². The van der Waals surface area contributed by atoms with Crippen LogP contribution in [0.3, 0.4) is 0 Å². The Labute approximate surface area is 92.3 Å². The normalized spacial score (nSPS) is 13.7. The van der Waals surface area contributed by atoms with Crippen molar-refractivity contribution in [2.75, 3.05) is 20.3 Å². The molecule has 4 nitrogen and oxygen atoms in total. The highest BCUT2D eigenvalue weighted by Gasteiger charge is 2.21. The maximum Gasteiger partial charge on any atom is 0.322 e. The van der Waals surface area contributed by atoms with Crippen molar-refractivity contribution in [2.24, 2.45) is 0 Å². The van der Waals surface area contributed by atoms with Gasteiger partial charge in [0.25, 0.3) is 0 Å². The summed E-state index contributed by atoms with van der Waals surface area (Å²) in [6.45, 7) is 8.72. The molecule has 0 saturated carbocycles. The monoisotopic (exact) mass is 217 g/mol. The highest BCUT2D eigenvalue weighted by atomic mass is 16.6. The van der Waals surface area contributed by atoms with Crippen LogP contribution < -0.4 is 5.32 Å². The first kappa shape index (κ1) is 14.4. The quantitative estimate of drug-likeness (QED) is 0.654. The molecule has 0 aliphatic heterocycles. The number of nitrogens with one attached hydrogen (secondary N) is 1. The van der Waals surface area contributed by atoms with Gasteiger partial charge in [0.15, 0.2) is 0 Å². The van der Waals surface area contributed by atoms with Gasteiger partial charge in [-0.15, -0.1) is 0 Å². The fourth-order valence-electron chi connectivity index (χ4n) is 0.873. The molecule has 0 bridgehead atoms. The molecule has 0 saturated heterocycles. The first-order chi connectivity index (χ1) is 6.93. The number of ether oxygens (including phenoxy) is 2. The van der Waals surface area contributed by atoms with E-state index < -0.39 is 5.60 Å². The van der Waals surface area contributed by atoms with Gasteiger partial charge in [-0.3, -0.25) is 4.79 Å². The zero-order valence-corrected chi connectivity index (χ0v) is 10.4. The van der Waals surface area contributed by atoms with Crippen molar-refractivity contribution < 1.29 is 14.3 Å². The van der Waals surface area contributed by atoms with Crippen LogP contribution in [-0.2, 0) is 14.3 Å². The predicted molar refractivity (Wildman–Crippen MR) is 59.8 cm³/mol. The van der Waals surface area contributed by atoms with E-state index >= 15 is 0 Å². The molecular formula is C11H23NO3. The van der Waals surface area contributed by atoms with E-state index in [1.165, 1.54) is 0 Å². The molecular weight excluding hydrogens is 194 g/mol. The summed E-state index contributed by atoms with van der Waals surface area (Å²) in [5, 5.41) is 3.07. The maximum absolute atomic E-state index is 11.5. The predicted octanol–water partition coefficient (Wildman–Crippen LogP) is 1.34. The lowest BCUT2D eigenvalue weighted by Crippen LogP contribution is -2.39. The van der Waals surface area contributed by atoms with Crippen molar-refractivity contribution in [2.45, 2.75) is 45.8 Å². The lowest BCUT2D eigenvalue weighted by Gasteiger charge is -2.23. The average molecular weight is 217 g/mol. The summed E-state index contributed by atoms with van der Waals surface area (Å²) in [6, 6.07) is -0.252. The van der Waals surface area contributed by atoms with Gasteiger partial charge in [-0.25, -0.2) is 0 Å². The Balaban J connectivity index is 3.82. The van der Waals surface area contributed by atoms with Crippen LogP contribution in [0.4, 0.5) is 0 Å². The van der Waals surface area contributed by atoms with Gasteiger partial charge < -0.3 is 14.8 Å². The molecule has 0 unspecified atom stereocenters. The molecule has 15 heavy (non-hydrogen) atoms. The second kappa shape index (κ2) is 6.80. The van der Waals surface area contributed by atoms with E-state index in [1.54, 1.807) is 14.0 Å². The van der Waals surface area contributed by atoms with E-state index in [-0.39, 0.29) is 18.6 Å². The van der Waals surface area contributed by atoms with Gasteiger partial charge in [0.1, 0.15) is 12.6 Å². The molecule has 0 fully saturated rings. The van der Waals surface area contributed by atoms with Crippen LogP contribution in [0.5, 0.6) is 0 Å². The van der Waals surface area contributed by atoms with E-state index in [4.69, 9.17) is 9.47 Å². The van der Waals surface area contributed by atoms with Crippen LogP contribution in [0.15, 0.2) is 0 Å². The summed E-state index contributed by atoms with van der Waals surface area (Å²) in [5.41, 5.74) is -0.417. The number of esters is 1. The smallest absolute Gasteiger partial charge is 0.322 e. The van der Waals surface area contributed by atoms with Crippen molar-refractivity contribution in [1.29, 1.82) is 0 Å². The minimum absolute atomic E-state index is 0.228. The summed E-state index contributed by atoms with van der Waals surface area (Å²) in [4.78, 5) is 11.5. The highest BCUT2D eigenvalue weighted by Crippen LogP contribution is 2.07. The molecule has 0 rings (SSSR count). The van der Waals surface area contributed by atoms with Crippen molar-refractivity contribution >= 4 is 5.97 Å². The molecule has 0 amide bonds. The molecule has 0 aliphatic carbocycles. The van der Waals surface area contributed by atoms with Gasteiger partial charge in [-0.1, -0.05) is 6.92 Å².